The summed E-state index contributed by atoms with van der Waals surface area (Å²) in [6.07, 6.45) is 5.76. The van der Waals surface area contributed by atoms with Gasteiger partial charge in [0.2, 0.25) is 0 Å². The predicted octanol–water partition coefficient (Wildman–Crippen LogP) is 4.32. The van der Waals surface area contributed by atoms with Crippen molar-refractivity contribution in [2.75, 3.05) is 5.73 Å². The molecule has 2 aromatic carbocycles. The summed E-state index contributed by atoms with van der Waals surface area (Å²) < 4.78 is 30.9. The van der Waals surface area contributed by atoms with Crippen LogP contribution in [0.1, 0.15) is 35.8 Å². The highest BCUT2D eigenvalue weighted by Gasteiger charge is 2.21. The van der Waals surface area contributed by atoms with E-state index in [0.717, 1.165) is 22.3 Å². The number of Topliss-reactive ketones (excluding diaryl/α,β-unsaturated/α-hetero) is 1. The van der Waals surface area contributed by atoms with E-state index in [2.05, 4.69) is 15.2 Å². The van der Waals surface area contributed by atoms with Crippen molar-refractivity contribution < 1.29 is 13.6 Å². The van der Waals surface area contributed by atoms with Crippen LogP contribution in [0.2, 0.25) is 0 Å². The maximum absolute atomic E-state index is 15.3. The molecular weight excluding hydrogens is 518 g/mol. The number of carbonyl (C=O) groups excluding carboxylic acids is 1. The van der Waals surface area contributed by atoms with Gasteiger partial charge in [-0.3, -0.25) is 19.3 Å². The van der Waals surface area contributed by atoms with E-state index < -0.39 is 28.7 Å². The Bertz CT molecular complexity index is 1840. The number of hydrogen-bond acceptors (Lipinski definition) is 6. The first-order valence-corrected chi connectivity index (χ1v) is 12.3. The Morgan fingerprint density at radius 3 is 2.40 bits per heavy atom. The van der Waals surface area contributed by atoms with E-state index in [9.17, 15) is 18.8 Å². The Balaban J connectivity index is 1.50. The van der Waals surface area contributed by atoms with Gasteiger partial charge in [0.05, 0.1) is 11.9 Å². The maximum atomic E-state index is 15.3. The van der Waals surface area contributed by atoms with Crippen LogP contribution in [0.3, 0.4) is 0 Å². The lowest BCUT2D eigenvalue weighted by atomic mass is 9.98. The standard InChI is InChI=1S/C29H24F2N6O3/c1-16(2)36-15-24(28(39)37(29(36)40)21-6-4-20(30)5-7-21)26(38)10-17-3-8-22(25(31)9-17)23-11-18(12-33-27(23)32)19-13-34-35-14-19/h3-9,11-16H,10H2,1-2H3,(H2,32,33)(H,34,35). The van der Waals surface area contributed by atoms with Gasteiger partial charge in [0.15, 0.2) is 5.78 Å². The number of rotatable bonds is 7. The molecular formula is C29H24F2N6O3. The first-order chi connectivity index (χ1) is 19.1. The number of aromatic amines is 1. The van der Waals surface area contributed by atoms with Crippen molar-refractivity contribution in [2.45, 2.75) is 26.3 Å². The molecule has 3 N–H and O–H groups in total. The molecule has 0 unspecified atom stereocenters. The molecule has 40 heavy (non-hydrogen) atoms. The number of aromatic nitrogens is 5. The average Bonchev–Trinajstić information content (AvgIpc) is 3.45. The van der Waals surface area contributed by atoms with Gasteiger partial charge in [0.1, 0.15) is 23.0 Å². The number of H-pyrrole nitrogens is 1. The normalized spacial score (nSPS) is 11.2. The second-order valence-corrected chi connectivity index (χ2v) is 9.50. The van der Waals surface area contributed by atoms with Gasteiger partial charge < -0.3 is 5.73 Å². The summed E-state index contributed by atoms with van der Waals surface area (Å²) in [4.78, 5) is 43.8. The third-order valence-corrected chi connectivity index (χ3v) is 6.49. The Hall–Kier alpha value is -5.19. The van der Waals surface area contributed by atoms with Gasteiger partial charge in [-0.2, -0.15) is 5.10 Å². The van der Waals surface area contributed by atoms with Crippen LogP contribution in [-0.2, 0) is 6.42 Å². The van der Waals surface area contributed by atoms with Gasteiger partial charge in [0.25, 0.3) is 5.56 Å². The molecule has 0 aliphatic rings. The molecule has 3 aromatic heterocycles. The van der Waals surface area contributed by atoms with Crippen LogP contribution in [0, 0.1) is 11.6 Å². The summed E-state index contributed by atoms with van der Waals surface area (Å²) in [5.74, 6) is -1.64. The molecule has 11 heteroatoms. The number of halogens is 2. The summed E-state index contributed by atoms with van der Waals surface area (Å²) in [5.41, 5.74) is 6.74. The molecule has 9 nitrogen and oxygen atoms in total. The van der Waals surface area contributed by atoms with E-state index in [1.807, 2.05) is 0 Å². The average molecular weight is 543 g/mol. The van der Waals surface area contributed by atoms with Crippen LogP contribution in [0.25, 0.3) is 27.9 Å². The molecule has 0 spiro atoms. The Labute approximate surface area is 226 Å². The van der Waals surface area contributed by atoms with Crippen molar-refractivity contribution in [1.29, 1.82) is 0 Å². The lowest BCUT2D eigenvalue weighted by Gasteiger charge is -2.15. The monoisotopic (exact) mass is 542 g/mol. The fourth-order valence-electron chi connectivity index (χ4n) is 4.38. The molecule has 202 valence electrons. The van der Waals surface area contributed by atoms with Crippen LogP contribution in [0.15, 0.2) is 82.9 Å². The smallest absolute Gasteiger partial charge is 0.335 e. The zero-order chi connectivity index (χ0) is 28.6. The summed E-state index contributed by atoms with van der Waals surface area (Å²) >= 11 is 0. The quantitative estimate of drug-likeness (QED) is 0.295. The highest BCUT2D eigenvalue weighted by atomic mass is 19.1. The minimum Gasteiger partial charge on any atom is -0.383 e. The highest BCUT2D eigenvalue weighted by molar-refractivity contribution is 5.97. The summed E-state index contributed by atoms with van der Waals surface area (Å²) in [5, 5.41) is 6.62. The van der Waals surface area contributed by atoms with Crippen molar-refractivity contribution in [3.05, 3.63) is 117 Å². The Morgan fingerprint density at radius 2 is 1.75 bits per heavy atom. The predicted molar refractivity (Wildman–Crippen MR) is 146 cm³/mol. The van der Waals surface area contributed by atoms with Gasteiger partial charge in [-0.15, -0.1) is 0 Å². The first kappa shape index (κ1) is 26.4. The molecule has 0 radical (unpaired) electrons. The van der Waals surface area contributed by atoms with Gasteiger partial charge >= 0.3 is 5.69 Å². The van der Waals surface area contributed by atoms with Crippen LogP contribution in [0.4, 0.5) is 14.6 Å². The molecule has 0 saturated heterocycles. The number of benzene rings is 2. The summed E-state index contributed by atoms with van der Waals surface area (Å²) in [6.45, 7) is 3.46. The molecule has 3 heterocycles. The molecule has 0 aliphatic carbocycles. The number of hydrogen-bond donors (Lipinski definition) is 2. The van der Waals surface area contributed by atoms with Crippen molar-refractivity contribution in [3.8, 4) is 27.9 Å². The van der Waals surface area contributed by atoms with Crippen LogP contribution in [0.5, 0.6) is 0 Å². The van der Waals surface area contributed by atoms with E-state index in [1.165, 1.54) is 35.0 Å². The topological polar surface area (TPSA) is 129 Å². The number of nitrogen functional groups attached to an aromatic ring is 1. The minimum absolute atomic E-state index is 0.125. The van der Waals surface area contributed by atoms with E-state index >= 15 is 4.39 Å². The Kier molecular flexibility index (Phi) is 6.95. The van der Waals surface area contributed by atoms with Gasteiger partial charge in [-0.05, 0) is 55.8 Å². The van der Waals surface area contributed by atoms with Crippen LogP contribution in [-0.4, -0.2) is 30.1 Å². The van der Waals surface area contributed by atoms with Crippen molar-refractivity contribution in [2.24, 2.45) is 0 Å². The molecule has 0 saturated carbocycles. The largest absolute Gasteiger partial charge is 0.383 e. The number of ketones is 1. The van der Waals surface area contributed by atoms with Crippen molar-refractivity contribution in [1.82, 2.24) is 24.3 Å². The number of anilines is 1. The second kappa shape index (κ2) is 10.5. The third-order valence-electron chi connectivity index (χ3n) is 6.49. The fourth-order valence-corrected chi connectivity index (χ4v) is 4.38. The van der Waals surface area contributed by atoms with E-state index in [4.69, 9.17) is 5.73 Å². The molecule has 0 aliphatic heterocycles. The van der Waals surface area contributed by atoms with E-state index in [0.29, 0.717) is 16.7 Å². The van der Waals surface area contributed by atoms with Crippen LogP contribution >= 0.6 is 0 Å². The summed E-state index contributed by atoms with van der Waals surface area (Å²) in [7, 11) is 0. The number of nitrogens with one attached hydrogen (secondary N) is 1. The lowest BCUT2D eigenvalue weighted by molar-refractivity contribution is 0.0990. The molecule has 0 fully saturated rings. The van der Waals surface area contributed by atoms with Crippen molar-refractivity contribution >= 4 is 11.6 Å². The molecule has 5 rings (SSSR count). The van der Waals surface area contributed by atoms with Gasteiger partial charge in [0, 0.05) is 53.3 Å². The van der Waals surface area contributed by atoms with Crippen LogP contribution < -0.4 is 17.0 Å². The zero-order valence-electron chi connectivity index (χ0n) is 21.6. The van der Waals surface area contributed by atoms with Crippen molar-refractivity contribution in [3.63, 3.8) is 0 Å². The maximum Gasteiger partial charge on any atom is 0.335 e. The number of nitrogens with two attached hydrogens (primary N) is 1. The highest BCUT2D eigenvalue weighted by Crippen LogP contribution is 2.31. The fraction of sp³-hybridized carbons (Fsp3) is 0.138. The number of nitrogens with zero attached hydrogens (tertiary/aromatic N) is 4. The van der Waals surface area contributed by atoms with Gasteiger partial charge in [-0.1, -0.05) is 12.1 Å². The molecule has 0 atom stereocenters. The Morgan fingerprint density at radius 1 is 1.00 bits per heavy atom. The second-order valence-electron chi connectivity index (χ2n) is 9.50. The summed E-state index contributed by atoms with van der Waals surface area (Å²) in [6, 6.07) is 10.4. The molecule has 0 bridgehead atoms. The SMILES string of the molecule is CC(C)n1cc(C(=O)Cc2ccc(-c3cc(-c4cn[nH]c4)cnc3N)c(F)c2)c(=O)n(-c2ccc(F)cc2)c1=O. The van der Waals surface area contributed by atoms with Gasteiger partial charge in [-0.25, -0.2) is 23.1 Å². The number of carbonyl (C=O) groups is 1. The minimum atomic E-state index is -0.842. The molecule has 0 amide bonds. The molecule has 5 aromatic rings. The zero-order valence-corrected chi connectivity index (χ0v) is 21.6. The number of pyridine rings is 1. The van der Waals surface area contributed by atoms with E-state index in [1.54, 1.807) is 44.6 Å². The van der Waals surface area contributed by atoms with E-state index in [-0.39, 0.29) is 35.1 Å². The lowest BCUT2D eigenvalue weighted by Crippen LogP contribution is -2.42. The first-order valence-electron chi connectivity index (χ1n) is 12.3. The third kappa shape index (κ3) is 4.96.